The molecule has 0 atom stereocenters. The Kier molecular flexibility index (Phi) is 2.79. The number of aromatic nitrogens is 4. The Bertz CT molecular complexity index is 565. The Morgan fingerprint density at radius 2 is 2.18 bits per heavy atom. The molecule has 0 saturated heterocycles. The third kappa shape index (κ3) is 2.58. The lowest BCUT2D eigenvalue weighted by atomic mass is 9.96. The van der Waals surface area contributed by atoms with E-state index < -0.39 is 0 Å². The summed E-state index contributed by atoms with van der Waals surface area (Å²) in [5.41, 5.74) is -0.308. The lowest BCUT2D eigenvalue weighted by Crippen LogP contribution is -2.19. The zero-order valence-electron chi connectivity index (χ0n) is 10.0. The highest BCUT2D eigenvalue weighted by atomic mass is 16.5. The molecule has 0 aromatic carbocycles. The number of rotatable bonds is 2. The van der Waals surface area contributed by atoms with Gasteiger partial charge in [-0.15, -0.1) is 0 Å². The van der Waals surface area contributed by atoms with Gasteiger partial charge in [-0.25, -0.2) is 4.98 Å². The molecule has 2 heterocycles. The second-order valence-corrected chi connectivity index (χ2v) is 4.81. The summed E-state index contributed by atoms with van der Waals surface area (Å²) in [7, 11) is 0. The van der Waals surface area contributed by atoms with Crippen LogP contribution in [0.1, 0.15) is 32.5 Å². The third-order valence-corrected chi connectivity index (χ3v) is 2.24. The van der Waals surface area contributed by atoms with Gasteiger partial charge in [0.25, 0.3) is 5.56 Å². The van der Waals surface area contributed by atoms with E-state index in [1.54, 1.807) is 0 Å². The first-order chi connectivity index (χ1) is 7.97. The van der Waals surface area contributed by atoms with E-state index in [0.29, 0.717) is 11.7 Å². The Hall–Kier alpha value is -1.98. The molecule has 0 aliphatic rings. The van der Waals surface area contributed by atoms with Crippen molar-refractivity contribution in [2.45, 2.75) is 32.7 Å². The van der Waals surface area contributed by atoms with Crippen LogP contribution >= 0.6 is 0 Å². The molecule has 0 fully saturated rings. The zero-order chi connectivity index (χ0) is 12.5. The van der Waals surface area contributed by atoms with Gasteiger partial charge in [-0.3, -0.25) is 9.36 Å². The van der Waals surface area contributed by atoms with Crippen molar-refractivity contribution in [3.05, 3.63) is 40.7 Å². The van der Waals surface area contributed by atoms with Crippen LogP contribution in [0.4, 0.5) is 0 Å². The van der Waals surface area contributed by atoms with E-state index in [4.69, 9.17) is 4.52 Å². The highest BCUT2D eigenvalue weighted by molar-refractivity contribution is 5.00. The first-order valence-corrected chi connectivity index (χ1v) is 5.30. The average Bonchev–Trinajstić information content (AvgIpc) is 2.69. The highest BCUT2D eigenvalue weighted by Crippen LogP contribution is 2.18. The molecule has 0 aliphatic heterocycles. The van der Waals surface area contributed by atoms with E-state index in [-0.39, 0.29) is 17.5 Å². The molecular formula is C11H14N4O2. The summed E-state index contributed by atoms with van der Waals surface area (Å²) in [4.78, 5) is 19.6. The molecule has 17 heavy (non-hydrogen) atoms. The van der Waals surface area contributed by atoms with Crippen molar-refractivity contribution < 1.29 is 4.52 Å². The SMILES string of the molecule is CC(C)(C)c1noc(Cn2cnccc2=O)n1. The van der Waals surface area contributed by atoms with E-state index in [9.17, 15) is 4.79 Å². The molecule has 6 nitrogen and oxygen atoms in total. The molecule has 0 spiro atoms. The fourth-order valence-corrected chi connectivity index (χ4v) is 1.27. The smallest absolute Gasteiger partial charge is 0.253 e. The van der Waals surface area contributed by atoms with Gasteiger partial charge in [0.1, 0.15) is 6.54 Å². The molecule has 0 unspecified atom stereocenters. The summed E-state index contributed by atoms with van der Waals surface area (Å²) in [6.07, 6.45) is 2.90. The molecule has 6 heteroatoms. The van der Waals surface area contributed by atoms with Crippen LogP contribution in [0.3, 0.4) is 0 Å². The van der Waals surface area contributed by atoms with E-state index in [2.05, 4.69) is 15.1 Å². The molecule has 0 N–H and O–H groups in total. The van der Waals surface area contributed by atoms with Crippen molar-refractivity contribution in [1.29, 1.82) is 0 Å². The minimum Gasteiger partial charge on any atom is -0.337 e. The monoisotopic (exact) mass is 234 g/mol. The number of hydrogen-bond acceptors (Lipinski definition) is 5. The molecule has 0 bridgehead atoms. The Balaban J connectivity index is 2.24. The largest absolute Gasteiger partial charge is 0.337 e. The summed E-state index contributed by atoms with van der Waals surface area (Å²) >= 11 is 0. The minimum absolute atomic E-state index is 0.143. The fraction of sp³-hybridized carbons (Fsp3) is 0.455. The van der Waals surface area contributed by atoms with Crippen molar-refractivity contribution >= 4 is 0 Å². The second kappa shape index (κ2) is 4.12. The maximum absolute atomic E-state index is 11.5. The Labute approximate surface area is 98.3 Å². The summed E-state index contributed by atoms with van der Waals surface area (Å²) < 4.78 is 6.52. The van der Waals surface area contributed by atoms with Gasteiger partial charge in [0.15, 0.2) is 5.82 Å². The summed E-state index contributed by atoms with van der Waals surface area (Å²) in [5, 5.41) is 3.89. The van der Waals surface area contributed by atoms with E-state index in [0.717, 1.165) is 0 Å². The third-order valence-electron chi connectivity index (χ3n) is 2.24. The maximum atomic E-state index is 11.5. The fourth-order valence-electron chi connectivity index (χ4n) is 1.27. The Morgan fingerprint density at radius 3 is 2.76 bits per heavy atom. The first-order valence-electron chi connectivity index (χ1n) is 5.30. The number of hydrogen-bond donors (Lipinski definition) is 0. The second-order valence-electron chi connectivity index (χ2n) is 4.81. The van der Waals surface area contributed by atoms with Gasteiger partial charge in [0, 0.05) is 17.7 Å². The average molecular weight is 234 g/mol. The summed E-state index contributed by atoms with van der Waals surface area (Å²) in [6.45, 7) is 6.24. The van der Waals surface area contributed by atoms with Gasteiger partial charge in [0.2, 0.25) is 5.89 Å². The van der Waals surface area contributed by atoms with Crippen LogP contribution in [0.15, 0.2) is 27.9 Å². The molecule has 2 rings (SSSR count). The minimum atomic E-state index is -0.165. The van der Waals surface area contributed by atoms with Crippen LogP contribution in [0.5, 0.6) is 0 Å². The molecular weight excluding hydrogens is 220 g/mol. The maximum Gasteiger partial charge on any atom is 0.253 e. The zero-order valence-corrected chi connectivity index (χ0v) is 10.0. The molecule has 0 saturated carbocycles. The summed E-state index contributed by atoms with van der Waals surface area (Å²) in [5.74, 6) is 1.04. The van der Waals surface area contributed by atoms with Crippen molar-refractivity contribution in [2.75, 3.05) is 0 Å². The molecule has 0 radical (unpaired) electrons. The van der Waals surface area contributed by atoms with Crippen LogP contribution in [0.25, 0.3) is 0 Å². The molecule has 2 aromatic heterocycles. The van der Waals surface area contributed by atoms with E-state index in [1.807, 2.05) is 20.8 Å². The van der Waals surface area contributed by atoms with E-state index >= 15 is 0 Å². The predicted octanol–water partition coefficient (Wildman–Crippen LogP) is 0.972. The van der Waals surface area contributed by atoms with E-state index in [1.165, 1.54) is 23.2 Å². The lowest BCUT2D eigenvalue weighted by molar-refractivity contribution is 0.355. The van der Waals surface area contributed by atoms with Crippen LogP contribution in [0, 0.1) is 0 Å². The van der Waals surface area contributed by atoms with Crippen molar-refractivity contribution in [3.63, 3.8) is 0 Å². The van der Waals surface area contributed by atoms with Gasteiger partial charge in [-0.2, -0.15) is 4.98 Å². The van der Waals surface area contributed by atoms with Crippen molar-refractivity contribution in [1.82, 2.24) is 19.7 Å². The van der Waals surface area contributed by atoms with Gasteiger partial charge in [0.05, 0.1) is 6.33 Å². The molecule has 0 aliphatic carbocycles. The number of nitrogens with zero attached hydrogens (tertiary/aromatic N) is 4. The Morgan fingerprint density at radius 1 is 1.41 bits per heavy atom. The normalized spacial score (nSPS) is 11.7. The molecule has 0 amide bonds. The predicted molar refractivity (Wildman–Crippen MR) is 60.6 cm³/mol. The van der Waals surface area contributed by atoms with Crippen molar-refractivity contribution in [2.24, 2.45) is 0 Å². The quantitative estimate of drug-likeness (QED) is 0.774. The lowest BCUT2D eigenvalue weighted by Gasteiger charge is -2.10. The van der Waals surface area contributed by atoms with Crippen LogP contribution in [-0.2, 0) is 12.0 Å². The van der Waals surface area contributed by atoms with Crippen LogP contribution in [0.2, 0.25) is 0 Å². The van der Waals surface area contributed by atoms with Crippen LogP contribution in [-0.4, -0.2) is 19.7 Å². The standard InChI is InChI=1S/C11H14N4O2/c1-11(2,3)10-13-8(17-14-10)6-15-7-12-5-4-9(15)16/h4-5,7H,6H2,1-3H3. The van der Waals surface area contributed by atoms with Gasteiger partial charge < -0.3 is 4.52 Å². The topological polar surface area (TPSA) is 73.8 Å². The van der Waals surface area contributed by atoms with Gasteiger partial charge >= 0.3 is 0 Å². The molecule has 2 aromatic rings. The van der Waals surface area contributed by atoms with Gasteiger partial charge in [-0.05, 0) is 0 Å². The van der Waals surface area contributed by atoms with Gasteiger partial charge in [-0.1, -0.05) is 25.9 Å². The molecule has 90 valence electrons. The first kappa shape index (κ1) is 11.5. The van der Waals surface area contributed by atoms with Crippen molar-refractivity contribution in [3.8, 4) is 0 Å². The summed E-state index contributed by atoms with van der Waals surface area (Å²) in [6, 6.07) is 1.39. The highest BCUT2D eigenvalue weighted by Gasteiger charge is 2.20. The van der Waals surface area contributed by atoms with Crippen LogP contribution < -0.4 is 5.56 Å².